The summed E-state index contributed by atoms with van der Waals surface area (Å²) in [5.41, 5.74) is 1.19. The predicted molar refractivity (Wildman–Crippen MR) is 83.6 cm³/mol. The Balaban J connectivity index is 2.25. The average Bonchev–Trinajstić information content (AvgIpc) is 2.78. The molecule has 0 fully saturated rings. The summed E-state index contributed by atoms with van der Waals surface area (Å²) in [7, 11) is -3.71. The maximum Gasteiger partial charge on any atom is 0.266 e. The van der Waals surface area contributed by atoms with Crippen LogP contribution < -0.4 is 10.0 Å². The van der Waals surface area contributed by atoms with Crippen molar-refractivity contribution in [3.8, 4) is 0 Å². The van der Waals surface area contributed by atoms with Crippen molar-refractivity contribution in [2.45, 2.75) is 25.3 Å². The van der Waals surface area contributed by atoms with E-state index < -0.39 is 10.0 Å². The van der Waals surface area contributed by atoms with Gasteiger partial charge in [-0.05, 0) is 41.5 Å². The third-order valence-corrected chi connectivity index (χ3v) is 4.93. The molecule has 0 atom stereocenters. The molecular formula is C13H16BrN3O3S. The predicted octanol–water partition coefficient (Wildman–Crippen LogP) is 2.66. The van der Waals surface area contributed by atoms with E-state index in [-0.39, 0.29) is 9.56 Å². The van der Waals surface area contributed by atoms with Crippen LogP contribution in [0, 0.1) is 6.92 Å². The molecule has 0 bridgehead atoms. The smallest absolute Gasteiger partial charge is 0.266 e. The summed E-state index contributed by atoms with van der Waals surface area (Å²) in [4.78, 5) is 4.10. The second-order valence-corrected chi connectivity index (χ2v) is 6.79. The van der Waals surface area contributed by atoms with Gasteiger partial charge in [-0.2, -0.15) is 0 Å². The molecule has 0 radical (unpaired) electrons. The Bertz CT molecular complexity index is 728. The number of pyridine rings is 1. The van der Waals surface area contributed by atoms with E-state index in [2.05, 4.69) is 31.0 Å². The van der Waals surface area contributed by atoms with Crippen LogP contribution in [0.15, 0.2) is 38.4 Å². The fraction of sp³-hybridized carbons (Fsp3) is 0.308. The molecule has 0 saturated carbocycles. The van der Waals surface area contributed by atoms with Crippen LogP contribution in [0.4, 0.5) is 5.69 Å². The molecule has 0 saturated heterocycles. The first-order chi connectivity index (χ1) is 9.92. The van der Waals surface area contributed by atoms with Gasteiger partial charge in [0.1, 0.15) is 10.7 Å². The van der Waals surface area contributed by atoms with E-state index in [0.717, 1.165) is 12.2 Å². The fourth-order valence-corrected chi connectivity index (χ4v) is 3.78. The van der Waals surface area contributed by atoms with E-state index in [9.17, 15) is 8.42 Å². The molecule has 114 valence electrons. The molecule has 8 heteroatoms. The maximum absolute atomic E-state index is 12.4. The molecule has 0 spiro atoms. The van der Waals surface area contributed by atoms with Crippen molar-refractivity contribution in [2.75, 3.05) is 11.3 Å². The maximum atomic E-state index is 12.4. The van der Waals surface area contributed by atoms with Gasteiger partial charge in [-0.25, -0.2) is 8.42 Å². The van der Waals surface area contributed by atoms with Gasteiger partial charge in [-0.3, -0.25) is 9.71 Å². The largest absolute Gasteiger partial charge is 0.451 e. The standard InChI is InChI=1S/C13H16BrN3O3S/c1-3-15-8-11-7-12(13(14)20-11)21(18,19)17-10-4-5-16-9(2)6-10/h4-7,15H,3,8H2,1-2H3,(H,16,17). The molecule has 0 aromatic carbocycles. The normalized spacial score (nSPS) is 11.6. The third kappa shape index (κ3) is 4.05. The monoisotopic (exact) mass is 373 g/mol. The van der Waals surface area contributed by atoms with E-state index in [0.29, 0.717) is 18.0 Å². The highest BCUT2D eigenvalue weighted by Crippen LogP contribution is 2.27. The van der Waals surface area contributed by atoms with Crippen molar-refractivity contribution in [2.24, 2.45) is 0 Å². The highest BCUT2D eigenvalue weighted by Gasteiger charge is 2.22. The molecule has 0 amide bonds. The van der Waals surface area contributed by atoms with E-state index >= 15 is 0 Å². The number of nitrogens with zero attached hydrogens (tertiary/aromatic N) is 1. The molecule has 2 heterocycles. The molecule has 0 aliphatic heterocycles. The first kappa shape index (κ1) is 16.0. The number of rotatable bonds is 6. The molecule has 2 aromatic rings. The number of furan rings is 1. The van der Waals surface area contributed by atoms with Gasteiger partial charge in [0.25, 0.3) is 10.0 Å². The first-order valence-electron chi connectivity index (χ1n) is 6.37. The highest BCUT2D eigenvalue weighted by atomic mass is 79.9. The number of sulfonamides is 1. The second-order valence-electron chi connectivity index (χ2n) is 4.42. The number of nitrogens with one attached hydrogen (secondary N) is 2. The van der Waals surface area contributed by atoms with Gasteiger partial charge >= 0.3 is 0 Å². The highest BCUT2D eigenvalue weighted by molar-refractivity contribution is 9.10. The van der Waals surface area contributed by atoms with Gasteiger partial charge in [-0.1, -0.05) is 6.92 Å². The van der Waals surface area contributed by atoms with Crippen LogP contribution in [-0.2, 0) is 16.6 Å². The lowest BCUT2D eigenvalue weighted by atomic mass is 10.3. The summed E-state index contributed by atoms with van der Waals surface area (Å²) >= 11 is 3.15. The SMILES string of the molecule is CCNCc1cc(S(=O)(=O)Nc2ccnc(C)c2)c(Br)o1. The first-order valence-corrected chi connectivity index (χ1v) is 8.64. The molecule has 2 rings (SSSR count). The number of hydrogen-bond acceptors (Lipinski definition) is 5. The van der Waals surface area contributed by atoms with Gasteiger partial charge in [0, 0.05) is 18.0 Å². The van der Waals surface area contributed by atoms with E-state index in [1.165, 1.54) is 6.07 Å². The van der Waals surface area contributed by atoms with Gasteiger partial charge in [0.05, 0.1) is 12.2 Å². The van der Waals surface area contributed by atoms with Crippen LogP contribution >= 0.6 is 15.9 Å². The van der Waals surface area contributed by atoms with Crippen LogP contribution in [0.5, 0.6) is 0 Å². The molecule has 0 aliphatic rings. The quantitative estimate of drug-likeness (QED) is 0.812. The van der Waals surface area contributed by atoms with E-state index in [1.807, 2.05) is 6.92 Å². The van der Waals surface area contributed by atoms with E-state index in [1.54, 1.807) is 25.3 Å². The van der Waals surface area contributed by atoms with Crippen molar-refractivity contribution >= 4 is 31.6 Å². The lowest BCUT2D eigenvalue weighted by Gasteiger charge is -2.06. The molecule has 2 N–H and O–H groups in total. The van der Waals surface area contributed by atoms with Crippen LogP contribution in [0.25, 0.3) is 0 Å². The Morgan fingerprint density at radius 1 is 1.38 bits per heavy atom. The van der Waals surface area contributed by atoms with Crippen molar-refractivity contribution in [3.63, 3.8) is 0 Å². The van der Waals surface area contributed by atoms with Gasteiger partial charge < -0.3 is 9.73 Å². The lowest BCUT2D eigenvalue weighted by Crippen LogP contribution is -2.13. The van der Waals surface area contributed by atoms with Gasteiger partial charge in [-0.15, -0.1) is 0 Å². The molecular weight excluding hydrogens is 358 g/mol. The van der Waals surface area contributed by atoms with Crippen molar-refractivity contribution in [1.29, 1.82) is 0 Å². The minimum absolute atomic E-state index is 0.0740. The Hall–Kier alpha value is -1.38. The minimum Gasteiger partial charge on any atom is -0.451 e. The van der Waals surface area contributed by atoms with Crippen molar-refractivity contribution in [3.05, 3.63) is 40.5 Å². The zero-order chi connectivity index (χ0) is 15.5. The number of anilines is 1. The summed E-state index contributed by atoms with van der Waals surface area (Å²) < 4.78 is 32.8. The van der Waals surface area contributed by atoms with Crippen molar-refractivity contribution in [1.82, 2.24) is 10.3 Å². The summed E-state index contributed by atoms with van der Waals surface area (Å²) in [6.07, 6.45) is 1.55. The van der Waals surface area contributed by atoms with Crippen LogP contribution in [0.2, 0.25) is 0 Å². The van der Waals surface area contributed by atoms with Crippen LogP contribution in [-0.4, -0.2) is 19.9 Å². The Labute approximate surface area is 132 Å². The zero-order valence-electron chi connectivity index (χ0n) is 11.7. The average molecular weight is 374 g/mol. The zero-order valence-corrected chi connectivity index (χ0v) is 14.1. The fourth-order valence-electron chi connectivity index (χ4n) is 1.74. The van der Waals surface area contributed by atoms with Crippen LogP contribution in [0.3, 0.4) is 0 Å². The lowest BCUT2D eigenvalue weighted by molar-refractivity contribution is 0.464. The van der Waals surface area contributed by atoms with E-state index in [4.69, 9.17) is 4.42 Å². The van der Waals surface area contributed by atoms with Crippen molar-refractivity contribution < 1.29 is 12.8 Å². The Morgan fingerprint density at radius 3 is 2.81 bits per heavy atom. The molecule has 0 aliphatic carbocycles. The summed E-state index contributed by atoms with van der Waals surface area (Å²) in [6, 6.07) is 4.76. The second kappa shape index (κ2) is 6.59. The topological polar surface area (TPSA) is 84.2 Å². The minimum atomic E-state index is -3.71. The summed E-state index contributed by atoms with van der Waals surface area (Å²) in [5.74, 6) is 0.551. The molecule has 21 heavy (non-hydrogen) atoms. The number of hydrogen-bond donors (Lipinski definition) is 2. The number of aryl methyl sites for hydroxylation is 1. The molecule has 0 unspecified atom stereocenters. The summed E-state index contributed by atoms with van der Waals surface area (Å²) in [5, 5.41) is 3.08. The number of aromatic nitrogens is 1. The number of halogens is 1. The molecule has 2 aromatic heterocycles. The van der Waals surface area contributed by atoms with Gasteiger partial charge in [0.2, 0.25) is 0 Å². The van der Waals surface area contributed by atoms with Gasteiger partial charge in [0.15, 0.2) is 4.67 Å². The summed E-state index contributed by atoms with van der Waals surface area (Å²) in [6.45, 7) is 5.00. The Morgan fingerprint density at radius 2 is 2.14 bits per heavy atom. The third-order valence-electron chi connectivity index (χ3n) is 2.69. The molecule has 6 nitrogen and oxygen atoms in total. The Kier molecular flexibility index (Phi) is 5.02. The van der Waals surface area contributed by atoms with Crippen LogP contribution in [0.1, 0.15) is 18.4 Å².